The maximum Gasteiger partial charge on any atom is 0.266 e. The van der Waals surface area contributed by atoms with Crippen LogP contribution in [0.5, 0.6) is 5.75 Å². The Morgan fingerprint density at radius 2 is 1.81 bits per heavy atom. The van der Waals surface area contributed by atoms with Crippen molar-refractivity contribution in [3.63, 3.8) is 0 Å². The molecular weight excluding hydrogens is 488 g/mol. The quantitative estimate of drug-likeness (QED) is 0.440. The summed E-state index contributed by atoms with van der Waals surface area (Å²) in [6, 6.07) is 17.3. The van der Waals surface area contributed by atoms with Gasteiger partial charge in [0.05, 0.1) is 12.1 Å². The van der Waals surface area contributed by atoms with Gasteiger partial charge in [0.2, 0.25) is 0 Å². The zero-order valence-electron chi connectivity index (χ0n) is 20.9. The Morgan fingerprint density at radius 3 is 2.50 bits per heavy atom. The highest BCUT2D eigenvalue weighted by molar-refractivity contribution is 7.12. The first-order chi connectivity index (χ1) is 17.6. The van der Waals surface area contributed by atoms with Crippen molar-refractivity contribution in [2.24, 2.45) is 0 Å². The first-order valence-corrected chi connectivity index (χ1v) is 14.0. The Kier molecular flexibility index (Phi) is 7.80. The molecule has 1 heterocycles. The first-order valence-electron chi connectivity index (χ1n) is 12.8. The van der Waals surface area contributed by atoms with Crippen LogP contribution in [0.25, 0.3) is 23.3 Å². The van der Waals surface area contributed by atoms with Crippen LogP contribution in [0.3, 0.4) is 0 Å². The predicted octanol–water partition coefficient (Wildman–Crippen LogP) is 5.60. The Balaban J connectivity index is 1.53. The molecule has 4 nitrogen and oxygen atoms in total. The average molecular weight is 521 g/mol. The third kappa shape index (κ3) is 5.10. The molecule has 0 spiro atoms. The second kappa shape index (κ2) is 11.2. The van der Waals surface area contributed by atoms with E-state index in [0.717, 1.165) is 70.7 Å². The predicted molar refractivity (Wildman–Crippen MR) is 150 cm³/mol. The summed E-state index contributed by atoms with van der Waals surface area (Å²) in [5.74, 6) is 0.830. The Hall–Kier alpha value is -2.60. The van der Waals surface area contributed by atoms with Gasteiger partial charge in [0.25, 0.3) is 5.91 Å². The second-order valence-electron chi connectivity index (χ2n) is 9.63. The fourth-order valence-corrected chi connectivity index (χ4v) is 6.98. The normalized spacial score (nSPS) is 19.1. The lowest BCUT2D eigenvalue weighted by molar-refractivity contribution is 0.0604. The van der Waals surface area contributed by atoms with E-state index in [9.17, 15) is 4.79 Å². The van der Waals surface area contributed by atoms with Crippen molar-refractivity contribution in [2.75, 3.05) is 14.2 Å². The molecule has 0 unspecified atom stereocenters. The summed E-state index contributed by atoms with van der Waals surface area (Å²) in [6.07, 6.45) is 10.4. The summed E-state index contributed by atoms with van der Waals surface area (Å²) in [6.45, 7) is 0.490. The Labute approximate surface area is 222 Å². The number of ether oxygens (including phenoxy) is 1. The average Bonchev–Trinajstić information content (AvgIpc) is 3.28. The van der Waals surface area contributed by atoms with Gasteiger partial charge >= 0.3 is 0 Å². The maximum atomic E-state index is 14.2. The molecule has 2 aliphatic rings. The molecule has 1 fully saturated rings. The van der Waals surface area contributed by atoms with Crippen LogP contribution >= 0.6 is 22.9 Å². The molecule has 1 saturated carbocycles. The molecule has 3 aromatic rings. The van der Waals surface area contributed by atoms with E-state index in [1.165, 1.54) is 11.3 Å². The molecule has 0 atom stereocenters. The smallest absolute Gasteiger partial charge is 0.266 e. The summed E-state index contributed by atoms with van der Waals surface area (Å²) < 4.78 is 6.88. The van der Waals surface area contributed by atoms with E-state index in [0.29, 0.717) is 22.5 Å². The number of rotatable bonds is 7. The molecule has 1 amide bonds. The zero-order chi connectivity index (χ0) is 25.1. The molecule has 0 saturated heterocycles. The van der Waals surface area contributed by atoms with Crippen molar-refractivity contribution in [3.05, 3.63) is 73.7 Å². The molecule has 2 aliphatic carbocycles. The van der Waals surface area contributed by atoms with Crippen molar-refractivity contribution in [3.8, 4) is 16.9 Å². The van der Waals surface area contributed by atoms with Crippen LogP contribution in [0.1, 0.15) is 53.8 Å². The molecule has 1 aromatic heterocycles. The molecule has 0 bridgehead atoms. The van der Waals surface area contributed by atoms with E-state index in [-0.39, 0.29) is 11.9 Å². The minimum Gasteiger partial charge on any atom is -0.496 e. The second-order valence-corrected chi connectivity index (χ2v) is 11.1. The number of methoxy groups -OCH3 is 1. The maximum absolute atomic E-state index is 14.2. The molecule has 188 valence electrons. The van der Waals surface area contributed by atoms with E-state index in [1.54, 1.807) is 7.11 Å². The number of benzene rings is 2. The fourth-order valence-electron chi connectivity index (χ4n) is 5.43. The number of thiophene rings is 1. The highest BCUT2D eigenvalue weighted by Gasteiger charge is 2.32. The van der Waals surface area contributed by atoms with Crippen LogP contribution in [0, 0.1) is 0 Å². The van der Waals surface area contributed by atoms with Gasteiger partial charge in [0, 0.05) is 33.9 Å². The summed E-state index contributed by atoms with van der Waals surface area (Å²) in [4.78, 5) is 16.9. The molecule has 0 aliphatic heterocycles. The molecule has 36 heavy (non-hydrogen) atoms. The van der Waals surface area contributed by atoms with Gasteiger partial charge in [-0.25, -0.2) is 0 Å². The van der Waals surface area contributed by atoms with Crippen molar-refractivity contribution in [2.45, 2.75) is 57.2 Å². The third-order valence-corrected chi connectivity index (χ3v) is 9.18. The number of hydrogen-bond acceptors (Lipinski definition) is 4. The van der Waals surface area contributed by atoms with E-state index >= 15 is 0 Å². The standard InChI is InChI=1S/C30H33ClN2O2S/c1-32-23-13-15-24(16-14-23)33(30(34)29-28(31)25-10-6-7-11-27(25)36-29)19-22-18-21(12-17-26(22)35-2)20-8-4-3-5-9-20/h3-5,8-12,17-18,23-24,32H,6-7,13-16,19H2,1-2H3. The third-order valence-electron chi connectivity index (χ3n) is 7.49. The lowest BCUT2D eigenvalue weighted by atomic mass is 9.89. The first kappa shape index (κ1) is 25.1. The van der Waals surface area contributed by atoms with Crippen LogP contribution < -0.4 is 19.8 Å². The zero-order valence-corrected chi connectivity index (χ0v) is 22.5. The van der Waals surface area contributed by atoms with Crippen LogP contribution in [-0.4, -0.2) is 37.0 Å². The Morgan fingerprint density at radius 1 is 1.06 bits per heavy atom. The molecular formula is C30H33ClN2O2S. The van der Waals surface area contributed by atoms with Gasteiger partial charge < -0.3 is 15.0 Å². The van der Waals surface area contributed by atoms with E-state index < -0.39 is 0 Å². The lowest BCUT2D eigenvalue weighted by Gasteiger charge is -2.37. The minimum atomic E-state index is 0.0290. The largest absolute Gasteiger partial charge is 0.496 e. The van der Waals surface area contributed by atoms with Crippen molar-refractivity contribution in [1.29, 1.82) is 0 Å². The molecule has 0 radical (unpaired) electrons. The Bertz CT molecular complexity index is 1340. The van der Waals surface area contributed by atoms with Gasteiger partial charge in [-0.15, -0.1) is 11.3 Å². The number of carbonyl (C=O) groups excluding carboxylic acids is 1. The van der Waals surface area contributed by atoms with Gasteiger partial charge in [0.1, 0.15) is 10.6 Å². The van der Waals surface area contributed by atoms with E-state index in [4.69, 9.17) is 16.3 Å². The SMILES string of the molecule is CNC1CCC(N(Cc2cc(-c3ccccc3)ccc2OC)C(=O)c2sc3c(c2Cl)=CCCC=3)CC1. The van der Waals surface area contributed by atoms with Gasteiger partial charge in [-0.05, 0) is 68.8 Å². The van der Waals surface area contributed by atoms with Gasteiger partial charge in [-0.3, -0.25) is 4.79 Å². The lowest BCUT2D eigenvalue weighted by Crippen LogP contribution is -2.44. The van der Waals surface area contributed by atoms with Crippen molar-refractivity contribution >= 4 is 41.0 Å². The molecule has 5 rings (SSSR count). The van der Waals surface area contributed by atoms with Crippen molar-refractivity contribution in [1.82, 2.24) is 10.2 Å². The summed E-state index contributed by atoms with van der Waals surface area (Å²) >= 11 is 8.34. The highest BCUT2D eigenvalue weighted by atomic mass is 35.5. The van der Waals surface area contributed by atoms with Crippen LogP contribution in [0.15, 0.2) is 48.5 Å². The van der Waals surface area contributed by atoms with Crippen LogP contribution in [0.4, 0.5) is 0 Å². The number of nitrogens with one attached hydrogen (secondary N) is 1. The topological polar surface area (TPSA) is 41.6 Å². The highest BCUT2D eigenvalue weighted by Crippen LogP contribution is 2.32. The van der Waals surface area contributed by atoms with E-state index in [2.05, 4.69) is 46.6 Å². The van der Waals surface area contributed by atoms with Crippen LogP contribution in [0.2, 0.25) is 5.02 Å². The molecule has 6 heteroatoms. The molecule has 1 N–H and O–H groups in total. The number of carbonyl (C=O) groups is 1. The van der Waals surface area contributed by atoms with Crippen LogP contribution in [-0.2, 0) is 6.54 Å². The van der Waals surface area contributed by atoms with Crippen molar-refractivity contribution < 1.29 is 9.53 Å². The number of nitrogens with zero attached hydrogens (tertiary/aromatic N) is 1. The molecule has 2 aromatic carbocycles. The number of amides is 1. The van der Waals surface area contributed by atoms with Gasteiger partial charge in [0.15, 0.2) is 0 Å². The summed E-state index contributed by atoms with van der Waals surface area (Å²) in [5, 5.41) is 5.04. The van der Waals surface area contributed by atoms with Gasteiger partial charge in [-0.2, -0.15) is 0 Å². The fraction of sp³-hybridized carbons (Fsp3) is 0.367. The van der Waals surface area contributed by atoms with Gasteiger partial charge in [-0.1, -0.05) is 60.2 Å². The summed E-state index contributed by atoms with van der Waals surface area (Å²) in [5.41, 5.74) is 3.28. The monoisotopic (exact) mass is 520 g/mol. The number of halogens is 1. The van der Waals surface area contributed by atoms with E-state index in [1.807, 2.05) is 31.3 Å². The number of fused-ring (bicyclic) bond motifs is 1. The number of hydrogen-bond donors (Lipinski definition) is 1. The summed E-state index contributed by atoms with van der Waals surface area (Å²) in [7, 11) is 3.72. The minimum absolute atomic E-state index is 0.0290.